The fraction of sp³-hybridized carbons (Fsp3) is 0.929. The summed E-state index contributed by atoms with van der Waals surface area (Å²) < 4.78 is 0. The molecule has 1 aliphatic carbocycles. The van der Waals surface area contributed by atoms with Gasteiger partial charge in [0.2, 0.25) is 5.91 Å². The van der Waals surface area contributed by atoms with E-state index in [-0.39, 0.29) is 11.9 Å². The first kappa shape index (κ1) is 15.4. The number of amides is 1. The molecule has 1 amide bonds. The Hall–Kier alpha value is -0.610. The van der Waals surface area contributed by atoms with E-state index < -0.39 is 5.60 Å². The highest BCUT2D eigenvalue weighted by Gasteiger charge is 2.25. The van der Waals surface area contributed by atoms with Crippen LogP contribution in [0.25, 0.3) is 0 Å². The van der Waals surface area contributed by atoms with E-state index >= 15 is 0 Å². The predicted molar refractivity (Wildman–Crippen MR) is 73.4 cm³/mol. The fourth-order valence-electron chi connectivity index (χ4n) is 2.33. The molecule has 0 aromatic rings. The minimum absolute atomic E-state index is 0.0523. The third-order valence-corrected chi connectivity index (χ3v) is 4.15. The molecule has 0 bridgehead atoms. The molecule has 1 atom stereocenters. The Morgan fingerprint density at radius 2 is 1.89 bits per heavy atom. The Morgan fingerprint density at radius 3 is 2.39 bits per heavy atom. The van der Waals surface area contributed by atoms with Crippen molar-refractivity contribution in [3.05, 3.63) is 0 Å². The second-order valence-electron chi connectivity index (χ2n) is 5.52. The predicted octanol–water partition coefficient (Wildman–Crippen LogP) is 1.57. The zero-order valence-electron chi connectivity index (χ0n) is 12.0. The van der Waals surface area contributed by atoms with Crippen molar-refractivity contribution in [1.82, 2.24) is 10.6 Å². The zero-order valence-corrected chi connectivity index (χ0v) is 12.0. The fourth-order valence-corrected chi connectivity index (χ4v) is 2.33. The molecule has 0 saturated heterocycles. The monoisotopic (exact) mass is 256 g/mol. The van der Waals surface area contributed by atoms with Gasteiger partial charge in [-0.15, -0.1) is 0 Å². The van der Waals surface area contributed by atoms with Crippen LogP contribution in [0.5, 0.6) is 0 Å². The number of hydrogen-bond donors (Lipinski definition) is 3. The van der Waals surface area contributed by atoms with Crippen LogP contribution in [0.2, 0.25) is 0 Å². The van der Waals surface area contributed by atoms with E-state index in [4.69, 9.17) is 0 Å². The lowest BCUT2D eigenvalue weighted by molar-refractivity contribution is -0.123. The van der Waals surface area contributed by atoms with E-state index in [2.05, 4.69) is 10.6 Å². The molecule has 1 fully saturated rings. The first-order valence-corrected chi connectivity index (χ1v) is 7.27. The molecule has 1 rings (SSSR count). The number of carbonyl (C=O) groups is 1. The molecule has 0 radical (unpaired) electrons. The van der Waals surface area contributed by atoms with Crippen LogP contribution in [0.4, 0.5) is 0 Å². The zero-order chi connectivity index (χ0) is 13.6. The maximum atomic E-state index is 11.9. The highest BCUT2D eigenvalue weighted by molar-refractivity contribution is 5.81. The highest BCUT2D eigenvalue weighted by atomic mass is 16.3. The van der Waals surface area contributed by atoms with Crippen LogP contribution in [0.15, 0.2) is 0 Å². The van der Waals surface area contributed by atoms with Crippen molar-refractivity contribution in [3.8, 4) is 0 Å². The summed E-state index contributed by atoms with van der Waals surface area (Å²) in [4.78, 5) is 11.9. The molecule has 106 valence electrons. The van der Waals surface area contributed by atoms with Crippen molar-refractivity contribution >= 4 is 5.91 Å². The summed E-state index contributed by atoms with van der Waals surface area (Å²) >= 11 is 0. The van der Waals surface area contributed by atoms with E-state index in [1.54, 1.807) is 0 Å². The van der Waals surface area contributed by atoms with Crippen LogP contribution in [-0.2, 0) is 4.79 Å². The first-order chi connectivity index (χ1) is 8.50. The Morgan fingerprint density at radius 1 is 1.33 bits per heavy atom. The molecule has 0 aromatic carbocycles. The van der Waals surface area contributed by atoms with Crippen LogP contribution in [-0.4, -0.2) is 35.2 Å². The van der Waals surface area contributed by atoms with E-state index in [0.29, 0.717) is 25.4 Å². The molecular weight excluding hydrogens is 228 g/mol. The van der Waals surface area contributed by atoms with E-state index in [0.717, 1.165) is 12.8 Å². The van der Waals surface area contributed by atoms with Crippen molar-refractivity contribution in [2.24, 2.45) is 0 Å². The third kappa shape index (κ3) is 4.58. The summed E-state index contributed by atoms with van der Waals surface area (Å²) in [5.41, 5.74) is -0.693. The molecule has 0 aliphatic heterocycles. The summed E-state index contributed by atoms with van der Waals surface area (Å²) in [6.07, 6.45) is 6.05. The van der Waals surface area contributed by atoms with Crippen molar-refractivity contribution in [3.63, 3.8) is 0 Å². The summed E-state index contributed by atoms with van der Waals surface area (Å²) in [5.74, 6) is 0.0523. The number of rotatable bonds is 7. The number of nitrogens with one attached hydrogen (secondary N) is 2. The average Bonchev–Trinajstić information content (AvgIpc) is 2.88. The van der Waals surface area contributed by atoms with E-state index in [9.17, 15) is 9.90 Å². The maximum Gasteiger partial charge on any atom is 0.237 e. The lowest BCUT2D eigenvalue weighted by Gasteiger charge is -2.27. The molecule has 1 aliphatic rings. The SMILES string of the molecule is CCC(O)(CC)CNC(C)C(=O)NC1CCCC1. The van der Waals surface area contributed by atoms with Crippen LogP contribution in [0.1, 0.15) is 59.3 Å². The molecule has 4 heteroatoms. The molecule has 1 unspecified atom stereocenters. The summed E-state index contributed by atoms with van der Waals surface area (Å²) in [5, 5.41) is 16.4. The first-order valence-electron chi connectivity index (χ1n) is 7.27. The Labute approximate surface area is 111 Å². The van der Waals surface area contributed by atoms with Gasteiger partial charge in [0.15, 0.2) is 0 Å². The molecular formula is C14H28N2O2. The Kier molecular flexibility index (Phi) is 6.09. The number of carbonyl (C=O) groups excluding carboxylic acids is 1. The molecule has 1 saturated carbocycles. The van der Waals surface area contributed by atoms with Gasteiger partial charge in [0.1, 0.15) is 0 Å². The van der Waals surface area contributed by atoms with Crippen LogP contribution in [0, 0.1) is 0 Å². The van der Waals surface area contributed by atoms with Crippen molar-refractivity contribution < 1.29 is 9.90 Å². The van der Waals surface area contributed by atoms with Crippen molar-refractivity contribution in [2.75, 3.05) is 6.54 Å². The lowest BCUT2D eigenvalue weighted by atomic mass is 9.97. The second-order valence-corrected chi connectivity index (χ2v) is 5.52. The number of aliphatic hydroxyl groups is 1. The molecule has 0 heterocycles. The molecule has 0 aromatic heterocycles. The molecule has 0 spiro atoms. The van der Waals surface area contributed by atoms with Gasteiger partial charge in [0, 0.05) is 12.6 Å². The number of hydrogen-bond acceptors (Lipinski definition) is 3. The van der Waals surface area contributed by atoms with Gasteiger partial charge in [-0.1, -0.05) is 26.7 Å². The lowest BCUT2D eigenvalue weighted by Crippen LogP contribution is -2.50. The van der Waals surface area contributed by atoms with Crippen molar-refractivity contribution in [1.29, 1.82) is 0 Å². The third-order valence-electron chi connectivity index (χ3n) is 4.15. The smallest absolute Gasteiger partial charge is 0.237 e. The van der Waals surface area contributed by atoms with Gasteiger partial charge in [-0.3, -0.25) is 4.79 Å². The van der Waals surface area contributed by atoms with Gasteiger partial charge in [-0.2, -0.15) is 0 Å². The quantitative estimate of drug-likeness (QED) is 0.648. The van der Waals surface area contributed by atoms with Gasteiger partial charge in [-0.25, -0.2) is 0 Å². The average molecular weight is 256 g/mol. The molecule has 4 nitrogen and oxygen atoms in total. The minimum atomic E-state index is -0.693. The summed E-state index contributed by atoms with van der Waals surface area (Å²) in [6.45, 7) is 6.26. The van der Waals surface area contributed by atoms with Crippen LogP contribution >= 0.6 is 0 Å². The van der Waals surface area contributed by atoms with Gasteiger partial charge >= 0.3 is 0 Å². The van der Waals surface area contributed by atoms with E-state index in [1.165, 1.54) is 12.8 Å². The minimum Gasteiger partial charge on any atom is -0.389 e. The van der Waals surface area contributed by atoms with Gasteiger partial charge in [0.25, 0.3) is 0 Å². The standard InChI is InChI=1S/C14H28N2O2/c1-4-14(18,5-2)10-15-11(3)13(17)16-12-8-6-7-9-12/h11-12,15,18H,4-10H2,1-3H3,(H,16,17). The Bertz CT molecular complexity index is 259. The van der Waals surface area contributed by atoms with Gasteiger partial charge in [0.05, 0.1) is 11.6 Å². The molecule has 3 N–H and O–H groups in total. The van der Waals surface area contributed by atoms with Crippen molar-refractivity contribution in [2.45, 2.75) is 77.0 Å². The largest absolute Gasteiger partial charge is 0.389 e. The van der Waals surface area contributed by atoms with E-state index in [1.807, 2.05) is 20.8 Å². The topological polar surface area (TPSA) is 61.4 Å². The van der Waals surface area contributed by atoms with Crippen LogP contribution < -0.4 is 10.6 Å². The Balaban J connectivity index is 2.30. The second kappa shape index (κ2) is 7.10. The normalized spacial score (nSPS) is 18.9. The summed E-state index contributed by atoms with van der Waals surface area (Å²) in [6, 6.07) is 0.119. The van der Waals surface area contributed by atoms with Crippen LogP contribution in [0.3, 0.4) is 0 Å². The highest BCUT2D eigenvalue weighted by Crippen LogP contribution is 2.17. The maximum absolute atomic E-state index is 11.9. The van der Waals surface area contributed by atoms with Gasteiger partial charge < -0.3 is 15.7 Å². The van der Waals surface area contributed by atoms with Gasteiger partial charge in [-0.05, 0) is 32.6 Å². The molecule has 18 heavy (non-hydrogen) atoms. The summed E-state index contributed by atoms with van der Waals surface area (Å²) in [7, 11) is 0.